The van der Waals surface area contributed by atoms with E-state index in [2.05, 4.69) is 21.2 Å². The van der Waals surface area contributed by atoms with E-state index >= 15 is 0 Å². The van der Waals surface area contributed by atoms with Crippen molar-refractivity contribution in [2.75, 3.05) is 25.1 Å². The van der Waals surface area contributed by atoms with Crippen LogP contribution in [0.1, 0.15) is 16.8 Å². The maximum absolute atomic E-state index is 13.3. The summed E-state index contributed by atoms with van der Waals surface area (Å²) in [7, 11) is 0. The van der Waals surface area contributed by atoms with Crippen LogP contribution in [0.15, 0.2) is 12.1 Å². The van der Waals surface area contributed by atoms with E-state index in [1.165, 1.54) is 0 Å². The minimum Gasteiger partial charge on any atom is -0.381 e. The van der Waals surface area contributed by atoms with Gasteiger partial charge in [-0.25, -0.2) is 13.2 Å². The molecule has 0 aromatic heterocycles. The number of benzene rings is 1. The van der Waals surface area contributed by atoms with Crippen LogP contribution < -0.4 is 5.32 Å². The molecule has 0 saturated heterocycles. The van der Waals surface area contributed by atoms with Crippen molar-refractivity contribution in [2.24, 2.45) is 0 Å². The first-order valence-electron chi connectivity index (χ1n) is 5.62. The fourth-order valence-corrected chi connectivity index (χ4v) is 1.61. The highest BCUT2D eigenvalue weighted by Crippen LogP contribution is 2.14. The fraction of sp³-hybridized carbons (Fsp3) is 0.417. The molecule has 0 aliphatic carbocycles. The number of halogens is 4. The molecule has 1 rings (SSSR count). The van der Waals surface area contributed by atoms with E-state index in [4.69, 9.17) is 4.74 Å². The van der Waals surface area contributed by atoms with E-state index in [1.54, 1.807) is 0 Å². The highest BCUT2D eigenvalue weighted by atomic mass is 79.9. The van der Waals surface area contributed by atoms with Gasteiger partial charge in [-0.05, 0) is 6.42 Å². The second kappa shape index (κ2) is 8.16. The Kier molecular flexibility index (Phi) is 6.86. The molecule has 1 amide bonds. The van der Waals surface area contributed by atoms with E-state index < -0.39 is 28.9 Å². The van der Waals surface area contributed by atoms with Crippen molar-refractivity contribution in [1.82, 2.24) is 5.32 Å². The number of nitrogens with one attached hydrogen (secondary N) is 1. The number of carbonyl (C=O) groups is 1. The Labute approximate surface area is 117 Å². The molecular weight excluding hydrogens is 327 g/mol. The maximum atomic E-state index is 13.3. The SMILES string of the molecule is O=C(NCCCOCCBr)c1c(F)cc(F)cc1F. The molecule has 7 heteroatoms. The summed E-state index contributed by atoms with van der Waals surface area (Å²) in [6, 6.07) is 0.939. The zero-order valence-corrected chi connectivity index (χ0v) is 11.6. The van der Waals surface area contributed by atoms with Crippen molar-refractivity contribution in [3.8, 4) is 0 Å². The number of carbonyl (C=O) groups excluding carboxylic acids is 1. The topological polar surface area (TPSA) is 38.3 Å². The molecule has 3 nitrogen and oxygen atoms in total. The number of amides is 1. The number of hydrogen-bond acceptors (Lipinski definition) is 2. The van der Waals surface area contributed by atoms with Crippen LogP contribution in [0.4, 0.5) is 13.2 Å². The average Bonchev–Trinajstić information content (AvgIpc) is 2.32. The minimum atomic E-state index is -1.22. The lowest BCUT2D eigenvalue weighted by Crippen LogP contribution is -2.27. The molecule has 19 heavy (non-hydrogen) atoms. The normalized spacial score (nSPS) is 10.5. The largest absolute Gasteiger partial charge is 0.381 e. The van der Waals surface area contributed by atoms with Crippen molar-refractivity contribution in [3.05, 3.63) is 35.1 Å². The van der Waals surface area contributed by atoms with Crippen molar-refractivity contribution >= 4 is 21.8 Å². The molecule has 0 unspecified atom stereocenters. The van der Waals surface area contributed by atoms with Gasteiger partial charge < -0.3 is 10.1 Å². The van der Waals surface area contributed by atoms with Crippen LogP contribution in [-0.4, -0.2) is 31.0 Å². The average molecular weight is 340 g/mol. The summed E-state index contributed by atoms with van der Waals surface area (Å²) >= 11 is 3.19. The Morgan fingerprint density at radius 2 is 1.84 bits per heavy atom. The fourth-order valence-electron chi connectivity index (χ4n) is 1.38. The van der Waals surface area contributed by atoms with Crippen molar-refractivity contribution < 1.29 is 22.7 Å². The molecule has 0 aliphatic heterocycles. The summed E-state index contributed by atoms with van der Waals surface area (Å²) in [5.41, 5.74) is -0.775. The van der Waals surface area contributed by atoms with Crippen LogP contribution in [-0.2, 0) is 4.74 Å². The molecule has 0 radical (unpaired) electrons. The molecule has 1 aromatic carbocycles. The molecule has 0 heterocycles. The lowest BCUT2D eigenvalue weighted by Gasteiger charge is -2.07. The number of hydrogen-bond donors (Lipinski definition) is 1. The van der Waals surface area contributed by atoms with Gasteiger partial charge in [0.25, 0.3) is 5.91 Å². The highest BCUT2D eigenvalue weighted by molar-refractivity contribution is 9.09. The van der Waals surface area contributed by atoms with Gasteiger partial charge in [0.05, 0.1) is 6.61 Å². The Morgan fingerprint density at radius 3 is 2.42 bits per heavy atom. The molecule has 0 bridgehead atoms. The first kappa shape index (κ1) is 16.0. The Bertz CT molecular complexity index is 420. The zero-order chi connectivity index (χ0) is 14.3. The zero-order valence-electron chi connectivity index (χ0n) is 10.0. The predicted octanol–water partition coefficient (Wildman–Crippen LogP) is 2.64. The third-order valence-corrected chi connectivity index (χ3v) is 2.53. The first-order valence-corrected chi connectivity index (χ1v) is 6.75. The van der Waals surface area contributed by atoms with Crippen LogP contribution in [0.2, 0.25) is 0 Å². The van der Waals surface area contributed by atoms with Gasteiger partial charge in [-0.1, -0.05) is 15.9 Å². The van der Waals surface area contributed by atoms with Gasteiger partial charge in [0.1, 0.15) is 23.0 Å². The minimum absolute atomic E-state index is 0.220. The van der Waals surface area contributed by atoms with Crippen LogP contribution >= 0.6 is 15.9 Å². The summed E-state index contributed by atoms with van der Waals surface area (Å²) in [6.45, 7) is 1.20. The second-order valence-electron chi connectivity index (χ2n) is 3.66. The summed E-state index contributed by atoms with van der Waals surface area (Å²) < 4.78 is 44.3. The van der Waals surface area contributed by atoms with Crippen LogP contribution in [0, 0.1) is 17.5 Å². The first-order chi connectivity index (χ1) is 9.06. The summed E-state index contributed by atoms with van der Waals surface area (Å²) in [4.78, 5) is 11.5. The Balaban J connectivity index is 2.46. The molecule has 1 aromatic rings. The molecule has 0 atom stereocenters. The molecule has 0 aliphatic rings. The quantitative estimate of drug-likeness (QED) is 0.612. The molecule has 106 valence electrons. The van der Waals surface area contributed by atoms with Gasteiger partial charge in [0, 0.05) is 30.6 Å². The number of rotatable bonds is 7. The molecule has 1 N–H and O–H groups in total. The van der Waals surface area contributed by atoms with Crippen molar-refractivity contribution in [2.45, 2.75) is 6.42 Å². The van der Waals surface area contributed by atoms with Gasteiger partial charge in [0.2, 0.25) is 0 Å². The van der Waals surface area contributed by atoms with Gasteiger partial charge in [-0.2, -0.15) is 0 Å². The van der Waals surface area contributed by atoms with Crippen molar-refractivity contribution in [1.29, 1.82) is 0 Å². The van der Waals surface area contributed by atoms with Gasteiger partial charge in [0.15, 0.2) is 0 Å². The van der Waals surface area contributed by atoms with Crippen LogP contribution in [0.3, 0.4) is 0 Å². The van der Waals surface area contributed by atoms with E-state index in [-0.39, 0.29) is 6.54 Å². The van der Waals surface area contributed by atoms with E-state index in [1.807, 2.05) is 0 Å². The van der Waals surface area contributed by atoms with E-state index in [9.17, 15) is 18.0 Å². The molecule has 0 fully saturated rings. The Hall–Kier alpha value is -1.08. The third kappa shape index (κ3) is 5.20. The number of ether oxygens (including phenoxy) is 1. The van der Waals surface area contributed by atoms with Crippen LogP contribution in [0.5, 0.6) is 0 Å². The highest BCUT2D eigenvalue weighted by Gasteiger charge is 2.18. The molecule has 0 spiro atoms. The monoisotopic (exact) mass is 339 g/mol. The Morgan fingerprint density at radius 1 is 1.21 bits per heavy atom. The van der Waals surface area contributed by atoms with Crippen molar-refractivity contribution in [3.63, 3.8) is 0 Å². The van der Waals surface area contributed by atoms with Crippen LogP contribution in [0.25, 0.3) is 0 Å². The van der Waals surface area contributed by atoms with Gasteiger partial charge >= 0.3 is 0 Å². The second-order valence-corrected chi connectivity index (χ2v) is 4.45. The maximum Gasteiger partial charge on any atom is 0.257 e. The summed E-state index contributed by atoms with van der Waals surface area (Å²) in [5, 5.41) is 3.06. The van der Waals surface area contributed by atoms with E-state index in [0.29, 0.717) is 37.1 Å². The van der Waals surface area contributed by atoms with E-state index in [0.717, 1.165) is 0 Å². The smallest absolute Gasteiger partial charge is 0.257 e. The lowest BCUT2D eigenvalue weighted by molar-refractivity contribution is 0.0936. The summed E-state index contributed by atoms with van der Waals surface area (Å²) in [6.07, 6.45) is 0.517. The molecular formula is C12H13BrF3NO2. The van der Waals surface area contributed by atoms with Gasteiger partial charge in [-0.3, -0.25) is 4.79 Å². The number of alkyl halides is 1. The predicted molar refractivity (Wildman–Crippen MR) is 67.9 cm³/mol. The molecule has 0 saturated carbocycles. The summed E-state index contributed by atoms with van der Waals surface area (Å²) in [5.74, 6) is -4.40. The standard InChI is InChI=1S/C12H13BrF3NO2/c13-2-5-19-4-1-3-17-12(18)11-9(15)6-8(14)7-10(11)16/h6-7H,1-5H2,(H,17,18). The third-order valence-electron chi connectivity index (χ3n) is 2.21. The van der Waals surface area contributed by atoms with Gasteiger partial charge in [-0.15, -0.1) is 0 Å². The lowest BCUT2D eigenvalue weighted by atomic mass is 10.1.